The summed E-state index contributed by atoms with van der Waals surface area (Å²) in [6, 6.07) is 6.02. The molecule has 0 aliphatic carbocycles. The largest absolute Gasteiger partial charge is 0.379 e. The first-order valence-electron chi connectivity index (χ1n) is 4.92. The van der Waals surface area contributed by atoms with Gasteiger partial charge < -0.3 is 5.32 Å². The van der Waals surface area contributed by atoms with E-state index in [1.807, 2.05) is 0 Å². The third-order valence-electron chi connectivity index (χ3n) is 2.29. The molecule has 0 atom stereocenters. The van der Waals surface area contributed by atoms with E-state index in [4.69, 9.17) is 5.26 Å². The van der Waals surface area contributed by atoms with Gasteiger partial charge in [0.05, 0.1) is 12.1 Å². The summed E-state index contributed by atoms with van der Waals surface area (Å²) in [4.78, 5) is 0. The Bertz CT molecular complexity index is 573. The number of nitrogens with zero attached hydrogens (tertiary/aromatic N) is 3. The number of aromatic nitrogens is 2. The molecule has 0 bridgehead atoms. The highest BCUT2D eigenvalue weighted by Gasteiger charge is 2.06. The molecule has 0 aliphatic heterocycles. The molecule has 1 heterocycles. The topological polar surface area (TPSA) is 74.7 Å². The van der Waals surface area contributed by atoms with Gasteiger partial charge in [0.2, 0.25) is 0 Å². The molecule has 17 heavy (non-hydrogen) atoms. The molecule has 6 heteroatoms. The zero-order valence-electron chi connectivity index (χ0n) is 9.07. The summed E-state index contributed by atoms with van der Waals surface area (Å²) in [6.45, 7) is 2.19. The van der Waals surface area contributed by atoms with Crippen LogP contribution in [0.4, 0.5) is 10.1 Å². The highest BCUT2D eigenvalue weighted by atomic mass is 19.1. The molecule has 1 N–H and O–H groups in total. The molecule has 0 spiro atoms. The molecular formula is C11H9FN4O. The van der Waals surface area contributed by atoms with Crippen molar-refractivity contribution in [1.29, 1.82) is 5.26 Å². The molecule has 5 nitrogen and oxygen atoms in total. The van der Waals surface area contributed by atoms with Crippen LogP contribution in [0.3, 0.4) is 0 Å². The highest BCUT2D eigenvalue weighted by Crippen LogP contribution is 2.15. The molecule has 0 radical (unpaired) electrons. The standard InChI is InChI=1S/C11H9FN4O/c1-7-11(16-17-15-7)6-14-9-2-3-10(12)8(4-9)5-13/h2-4,14H,6H2,1H3. The second-order valence-electron chi connectivity index (χ2n) is 3.46. The van der Waals surface area contributed by atoms with Crippen molar-refractivity contribution in [3.63, 3.8) is 0 Å². The summed E-state index contributed by atoms with van der Waals surface area (Å²) in [5.41, 5.74) is 2.02. The Morgan fingerprint density at radius 2 is 2.29 bits per heavy atom. The van der Waals surface area contributed by atoms with Gasteiger partial charge in [-0.15, -0.1) is 0 Å². The third-order valence-corrected chi connectivity index (χ3v) is 2.29. The average molecular weight is 232 g/mol. The molecule has 1 aromatic carbocycles. The predicted octanol–water partition coefficient (Wildman–Crippen LogP) is 2.00. The molecule has 0 amide bonds. The molecule has 86 valence electrons. The number of hydrogen-bond donors (Lipinski definition) is 1. The number of anilines is 1. The zero-order valence-corrected chi connectivity index (χ0v) is 9.07. The van der Waals surface area contributed by atoms with Crippen LogP contribution in [-0.2, 0) is 6.54 Å². The molecule has 2 rings (SSSR count). The Balaban J connectivity index is 2.10. The fraction of sp³-hybridized carbons (Fsp3) is 0.182. The SMILES string of the molecule is Cc1nonc1CNc1ccc(F)c(C#N)c1. The molecule has 0 saturated heterocycles. The maximum Gasteiger partial charge on any atom is 0.141 e. The summed E-state index contributed by atoms with van der Waals surface area (Å²) in [5, 5.41) is 19.0. The van der Waals surface area contributed by atoms with Gasteiger partial charge >= 0.3 is 0 Å². The molecule has 0 aliphatic rings. The van der Waals surface area contributed by atoms with Gasteiger partial charge in [0.15, 0.2) is 0 Å². The Morgan fingerprint density at radius 1 is 1.47 bits per heavy atom. The summed E-state index contributed by atoms with van der Waals surface area (Å²) in [6.07, 6.45) is 0. The van der Waals surface area contributed by atoms with E-state index in [0.717, 1.165) is 0 Å². The number of rotatable bonds is 3. The Morgan fingerprint density at radius 3 is 2.94 bits per heavy atom. The van der Waals surface area contributed by atoms with Crippen LogP contribution in [0, 0.1) is 24.1 Å². The number of aryl methyl sites for hydroxylation is 1. The molecular weight excluding hydrogens is 223 g/mol. The quantitative estimate of drug-likeness (QED) is 0.875. The minimum absolute atomic E-state index is 0.00463. The van der Waals surface area contributed by atoms with Gasteiger partial charge in [0.25, 0.3) is 0 Å². The summed E-state index contributed by atoms with van der Waals surface area (Å²) >= 11 is 0. The van der Waals surface area contributed by atoms with E-state index in [1.165, 1.54) is 12.1 Å². The van der Waals surface area contributed by atoms with E-state index in [1.54, 1.807) is 19.1 Å². The van der Waals surface area contributed by atoms with Crippen LogP contribution in [0.15, 0.2) is 22.8 Å². The van der Waals surface area contributed by atoms with Crippen molar-refractivity contribution in [3.05, 3.63) is 41.0 Å². The summed E-state index contributed by atoms with van der Waals surface area (Å²) in [7, 11) is 0. The van der Waals surface area contributed by atoms with Crippen molar-refractivity contribution in [2.75, 3.05) is 5.32 Å². The van der Waals surface area contributed by atoms with E-state index < -0.39 is 5.82 Å². The van der Waals surface area contributed by atoms with E-state index in [0.29, 0.717) is 23.6 Å². The monoisotopic (exact) mass is 232 g/mol. The lowest BCUT2D eigenvalue weighted by molar-refractivity contribution is 0.301. The first-order chi connectivity index (χ1) is 8.20. The number of hydrogen-bond acceptors (Lipinski definition) is 5. The Hall–Kier alpha value is -2.42. The highest BCUT2D eigenvalue weighted by molar-refractivity contribution is 5.49. The van der Waals surface area contributed by atoms with Gasteiger partial charge in [-0.25, -0.2) is 9.02 Å². The van der Waals surface area contributed by atoms with Crippen LogP contribution < -0.4 is 5.32 Å². The molecule has 1 aromatic heterocycles. The van der Waals surface area contributed by atoms with Crippen LogP contribution in [0.1, 0.15) is 17.0 Å². The van der Waals surface area contributed by atoms with Gasteiger partial charge in [-0.2, -0.15) is 5.26 Å². The number of nitrogens with one attached hydrogen (secondary N) is 1. The second kappa shape index (κ2) is 4.61. The lowest BCUT2D eigenvalue weighted by atomic mass is 10.2. The van der Waals surface area contributed by atoms with Crippen molar-refractivity contribution >= 4 is 5.69 Å². The van der Waals surface area contributed by atoms with Crippen molar-refractivity contribution in [3.8, 4) is 6.07 Å². The minimum atomic E-state index is -0.530. The van der Waals surface area contributed by atoms with Crippen molar-refractivity contribution in [1.82, 2.24) is 10.3 Å². The summed E-state index contributed by atoms with van der Waals surface area (Å²) < 4.78 is 17.6. The Kier molecular flexibility index (Phi) is 3.01. The molecule has 2 aromatic rings. The molecule has 0 fully saturated rings. The van der Waals surface area contributed by atoms with Crippen LogP contribution in [-0.4, -0.2) is 10.3 Å². The zero-order chi connectivity index (χ0) is 12.3. The maximum absolute atomic E-state index is 13.1. The van der Waals surface area contributed by atoms with Crippen molar-refractivity contribution < 1.29 is 9.02 Å². The maximum atomic E-state index is 13.1. The summed E-state index contributed by atoms with van der Waals surface area (Å²) in [5.74, 6) is -0.530. The first kappa shape index (κ1) is 11.1. The van der Waals surface area contributed by atoms with Gasteiger partial charge in [0.1, 0.15) is 23.3 Å². The second-order valence-corrected chi connectivity index (χ2v) is 3.46. The minimum Gasteiger partial charge on any atom is -0.379 e. The van der Waals surface area contributed by atoms with Gasteiger partial charge in [-0.05, 0) is 25.1 Å². The Labute approximate surface area is 96.8 Å². The van der Waals surface area contributed by atoms with Crippen LogP contribution in [0.5, 0.6) is 0 Å². The fourth-order valence-electron chi connectivity index (χ4n) is 1.32. The van der Waals surface area contributed by atoms with Gasteiger partial charge in [-0.1, -0.05) is 10.3 Å². The lowest BCUT2D eigenvalue weighted by Gasteiger charge is -2.04. The van der Waals surface area contributed by atoms with Gasteiger partial charge in [0, 0.05) is 5.69 Å². The molecule has 0 unspecified atom stereocenters. The molecule has 0 saturated carbocycles. The van der Waals surface area contributed by atoms with E-state index >= 15 is 0 Å². The van der Waals surface area contributed by atoms with Crippen LogP contribution >= 0.6 is 0 Å². The fourth-order valence-corrected chi connectivity index (χ4v) is 1.32. The first-order valence-corrected chi connectivity index (χ1v) is 4.92. The van der Waals surface area contributed by atoms with Crippen molar-refractivity contribution in [2.45, 2.75) is 13.5 Å². The van der Waals surface area contributed by atoms with Crippen molar-refractivity contribution in [2.24, 2.45) is 0 Å². The normalized spacial score (nSPS) is 9.94. The third kappa shape index (κ3) is 2.39. The predicted molar refractivity (Wildman–Crippen MR) is 57.5 cm³/mol. The van der Waals surface area contributed by atoms with E-state index in [-0.39, 0.29) is 5.56 Å². The smallest absolute Gasteiger partial charge is 0.141 e. The van der Waals surface area contributed by atoms with Gasteiger partial charge in [-0.3, -0.25) is 0 Å². The lowest BCUT2D eigenvalue weighted by Crippen LogP contribution is -2.02. The number of nitriles is 1. The average Bonchev–Trinajstić information content (AvgIpc) is 2.74. The van der Waals surface area contributed by atoms with Crippen LogP contribution in [0.25, 0.3) is 0 Å². The van der Waals surface area contributed by atoms with Crippen LogP contribution in [0.2, 0.25) is 0 Å². The number of halogens is 1. The van der Waals surface area contributed by atoms with E-state index in [2.05, 4.69) is 20.3 Å². The van der Waals surface area contributed by atoms with E-state index in [9.17, 15) is 4.39 Å². The number of benzene rings is 1.